The third kappa shape index (κ3) is 3.79. The van der Waals surface area contributed by atoms with Gasteiger partial charge in [0.1, 0.15) is 11.3 Å². The van der Waals surface area contributed by atoms with Crippen LogP contribution >= 0.6 is 11.6 Å². The van der Waals surface area contributed by atoms with E-state index in [-0.39, 0.29) is 22.8 Å². The molecule has 3 aromatic rings. The molecule has 0 spiro atoms. The Kier molecular flexibility index (Phi) is 5.49. The fraction of sp³-hybridized carbons (Fsp3) is 0.542. The van der Waals surface area contributed by atoms with Gasteiger partial charge in [-0.3, -0.25) is 0 Å². The first-order valence-electron chi connectivity index (χ1n) is 11.0. The molecule has 0 radical (unpaired) electrons. The highest BCUT2D eigenvalue weighted by Crippen LogP contribution is 2.45. The van der Waals surface area contributed by atoms with Gasteiger partial charge in [0.25, 0.3) is 0 Å². The Bertz CT molecular complexity index is 1140. The summed E-state index contributed by atoms with van der Waals surface area (Å²) in [6.45, 7) is 12.8. The van der Waals surface area contributed by atoms with Crippen molar-refractivity contribution < 1.29 is 4.39 Å². The van der Waals surface area contributed by atoms with Crippen LogP contribution in [0.2, 0.25) is 5.02 Å². The molecule has 2 heterocycles. The van der Waals surface area contributed by atoms with Crippen molar-refractivity contribution in [1.29, 1.82) is 0 Å². The molecule has 1 aliphatic carbocycles. The van der Waals surface area contributed by atoms with Crippen molar-refractivity contribution in [3.63, 3.8) is 0 Å². The molecule has 0 aliphatic heterocycles. The molecule has 0 bridgehead atoms. The Labute approximate surface area is 188 Å². The van der Waals surface area contributed by atoms with E-state index in [9.17, 15) is 4.39 Å². The fourth-order valence-electron chi connectivity index (χ4n) is 4.83. The number of rotatable bonds is 4. The number of imidazole rings is 1. The summed E-state index contributed by atoms with van der Waals surface area (Å²) >= 11 is 6.48. The standard InChI is InChI=1S/C24H31ClFN5/c1-14(2)31-15(3)28-21-18(26)11-16(12-19(21)31)20-17(25)13-27-22(29-20)30-24(6)10-8-7-9-23(24,4)5/h11-14H,7-10H2,1-6H3,(H,27,29,30)/t24-/m0/s1. The van der Waals surface area contributed by atoms with Gasteiger partial charge in [0.05, 0.1) is 22.4 Å². The highest BCUT2D eigenvalue weighted by Gasteiger charge is 2.43. The molecule has 0 amide bonds. The lowest BCUT2D eigenvalue weighted by Gasteiger charge is -2.48. The van der Waals surface area contributed by atoms with Crippen LogP contribution in [0.4, 0.5) is 10.3 Å². The van der Waals surface area contributed by atoms with E-state index < -0.39 is 0 Å². The smallest absolute Gasteiger partial charge is 0.223 e. The third-order valence-corrected chi connectivity index (χ3v) is 7.35. The predicted octanol–water partition coefficient (Wildman–Crippen LogP) is 6.95. The first kappa shape index (κ1) is 22.0. The van der Waals surface area contributed by atoms with Gasteiger partial charge in [0.15, 0.2) is 5.82 Å². The van der Waals surface area contributed by atoms with Crippen LogP contribution < -0.4 is 5.32 Å². The maximum absolute atomic E-state index is 15.0. The third-order valence-electron chi connectivity index (χ3n) is 7.07. The number of nitrogens with zero attached hydrogens (tertiary/aromatic N) is 4. The number of aromatic nitrogens is 4. The summed E-state index contributed by atoms with van der Waals surface area (Å²) < 4.78 is 17.0. The number of anilines is 1. The van der Waals surface area contributed by atoms with Gasteiger partial charge in [-0.15, -0.1) is 0 Å². The molecule has 1 atom stereocenters. The number of hydrogen-bond donors (Lipinski definition) is 1. The van der Waals surface area contributed by atoms with E-state index in [2.05, 4.69) is 49.9 Å². The van der Waals surface area contributed by atoms with Gasteiger partial charge >= 0.3 is 0 Å². The van der Waals surface area contributed by atoms with Crippen LogP contribution in [0.1, 0.15) is 72.2 Å². The molecule has 5 nitrogen and oxygen atoms in total. The van der Waals surface area contributed by atoms with E-state index in [1.165, 1.54) is 18.9 Å². The van der Waals surface area contributed by atoms with E-state index in [0.717, 1.165) is 24.2 Å². The Balaban J connectivity index is 1.79. The van der Waals surface area contributed by atoms with Gasteiger partial charge in [0.2, 0.25) is 5.95 Å². The number of hydrogen-bond acceptors (Lipinski definition) is 4. The summed E-state index contributed by atoms with van der Waals surface area (Å²) in [5, 5.41) is 3.97. The average molecular weight is 444 g/mol. The second kappa shape index (κ2) is 7.73. The Hall–Kier alpha value is -2.21. The number of fused-ring (bicyclic) bond motifs is 1. The van der Waals surface area contributed by atoms with Crippen LogP contribution in [0.25, 0.3) is 22.3 Å². The number of nitrogens with one attached hydrogen (secondary N) is 1. The second-order valence-electron chi connectivity index (χ2n) is 9.89. The zero-order valence-corrected chi connectivity index (χ0v) is 19.9. The van der Waals surface area contributed by atoms with Crippen molar-refractivity contribution in [2.75, 3.05) is 5.32 Å². The normalized spacial score (nSPS) is 21.1. The molecule has 4 rings (SSSR count). The van der Waals surface area contributed by atoms with E-state index in [1.54, 1.807) is 6.20 Å². The Morgan fingerprint density at radius 2 is 1.84 bits per heavy atom. The molecule has 1 fully saturated rings. The largest absolute Gasteiger partial charge is 0.349 e. The topological polar surface area (TPSA) is 55.6 Å². The summed E-state index contributed by atoms with van der Waals surface area (Å²) in [4.78, 5) is 13.6. The monoisotopic (exact) mass is 443 g/mol. The van der Waals surface area contributed by atoms with Gasteiger partial charge < -0.3 is 9.88 Å². The lowest BCUT2D eigenvalue weighted by Crippen LogP contribution is -2.51. The SMILES string of the molecule is Cc1nc2c(F)cc(-c3nc(N[C@@]4(C)CCCCC4(C)C)ncc3Cl)cc2n1C(C)C. The van der Waals surface area contributed by atoms with Crippen molar-refractivity contribution >= 4 is 28.6 Å². The van der Waals surface area contributed by atoms with Gasteiger partial charge in [-0.1, -0.05) is 38.3 Å². The van der Waals surface area contributed by atoms with Gasteiger partial charge in [-0.2, -0.15) is 0 Å². The van der Waals surface area contributed by atoms with Crippen LogP contribution in [0.5, 0.6) is 0 Å². The molecule has 1 N–H and O–H groups in total. The predicted molar refractivity (Wildman–Crippen MR) is 125 cm³/mol. The molecule has 31 heavy (non-hydrogen) atoms. The molecule has 1 saturated carbocycles. The summed E-state index contributed by atoms with van der Waals surface area (Å²) in [5.74, 6) is 0.926. The van der Waals surface area contributed by atoms with Gasteiger partial charge in [0, 0.05) is 17.1 Å². The van der Waals surface area contributed by atoms with Crippen LogP contribution in [0, 0.1) is 18.2 Å². The van der Waals surface area contributed by atoms with E-state index >= 15 is 0 Å². The van der Waals surface area contributed by atoms with E-state index in [4.69, 9.17) is 16.6 Å². The van der Waals surface area contributed by atoms with Crippen molar-refractivity contribution in [3.05, 3.63) is 35.0 Å². The van der Waals surface area contributed by atoms with Crippen molar-refractivity contribution in [2.45, 2.75) is 78.8 Å². The number of halogens is 2. The van der Waals surface area contributed by atoms with Crippen molar-refractivity contribution in [3.8, 4) is 11.3 Å². The molecule has 166 valence electrons. The highest BCUT2D eigenvalue weighted by molar-refractivity contribution is 6.33. The van der Waals surface area contributed by atoms with Crippen LogP contribution in [-0.4, -0.2) is 25.1 Å². The summed E-state index contributed by atoms with van der Waals surface area (Å²) in [6, 6.07) is 3.54. The minimum atomic E-state index is -0.375. The quantitative estimate of drug-likeness (QED) is 0.474. The number of aryl methyl sites for hydroxylation is 1. The van der Waals surface area contributed by atoms with Gasteiger partial charge in [-0.25, -0.2) is 19.3 Å². The maximum Gasteiger partial charge on any atom is 0.223 e. The van der Waals surface area contributed by atoms with Crippen LogP contribution in [0.3, 0.4) is 0 Å². The molecule has 1 aromatic carbocycles. The lowest BCUT2D eigenvalue weighted by molar-refractivity contribution is 0.133. The highest BCUT2D eigenvalue weighted by atomic mass is 35.5. The average Bonchev–Trinajstić information content (AvgIpc) is 3.02. The van der Waals surface area contributed by atoms with Crippen LogP contribution in [-0.2, 0) is 0 Å². The van der Waals surface area contributed by atoms with E-state index in [0.29, 0.717) is 27.7 Å². The van der Waals surface area contributed by atoms with Crippen molar-refractivity contribution in [2.24, 2.45) is 5.41 Å². The van der Waals surface area contributed by atoms with Crippen molar-refractivity contribution in [1.82, 2.24) is 19.5 Å². The molecule has 1 aliphatic rings. The Morgan fingerprint density at radius 3 is 2.52 bits per heavy atom. The molecule has 0 saturated heterocycles. The zero-order valence-electron chi connectivity index (χ0n) is 19.2. The van der Waals surface area contributed by atoms with E-state index in [1.807, 2.05) is 17.6 Å². The maximum atomic E-state index is 15.0. The van der Waals surface area contributed by atoms with Crippen LogP contribution in [0.15, 0.2) is 18.3 Å². The lowest BCUT2D eigenvalue weighted by atomic mass is 9.64. The molecular formula is C24H31ClFN5. The number of benzene rings is 1. The minimum absolute atomic E-state index is 0.112. The molecule has 7 heteroatoms. The molecular weight excluding hydrogens is 413 g/mol. The fourth-order valence-corrected chi connectivity index (χ4v) is 5.03. The zero-order chi connectivity index (χ0) is 22.6. The first-order valence-corrected chi connectivity index (χ1v) is 11.4. The molecule has 0 unspecified atom stereocenters. The summed E-state index contributed by atoms with van der Waals surface area (Å²) in [7, 11) is 0. The Morgan fingerprint density at radius 1 is 1.13 bits per heavy atom. The first-order chi connectivity index (χ1) is 14.5. The minimum Gasteiger partial charge on any atom is -0.349 e. The summed E-state index contributed by atoms with van der Waals surface area (Å²) in [5.41, 5.74) is 2.24. The van der Waals surface area contributed by atoms with Gasteiger partial charge in [-0.05, 0) is 58.1 Å². The molecule has 2 aromatic heterocycles. The summed E-state index contributed by atoms with van der Waals surface area (Å²) in [6.07, 6.45) is 6.21. The second-order valence-corrected chi connectivity index (χ2v) is 10.3.